The van der Waals surface area contributed by atoms with Crippen LogP contribution in [0.3, 0.4) is 0 Å². The lowest BCUT2D eigenvalue weighted by Crippen LogP contribution is -2.37. The molecule has 0 atom stereocenters. The molecule has 0 aliphatic heterocycles. The van der Waals surface area contributed by atoms with Crippen LogP contribution in [0.1, 0.15) is 38.2 Å². The van der Waals surface area contributed by atoms with Crippen molar-refractivity contribution >= 4 is 17.6 Å². The van der Waals surface area contributed by atoms with E-state index in [0.717, 1.165) is 18.5 Å². The molecule has 0 spiro atoms. The van der Waals surface area contributed by atoms with Gasteiger partial charge in [-0.3, -0.25) is 0 Å². The summed E-state index contributed by atoms with van der Waals surface area (Å²) in [6.45, 7) is 3.45. The highest BCUT2D eigenvalue weighted by atomic mass is 35.5. The average molecular weight is 283 g/mol. The maximum absolute atomic E-state index is 11.9. The Morgan fingerprint density at radius 3 is 2.68 bits per heavy atom. The Hall–Kier alpha value is -1.22. The first-order chi connectivity index (χ1) is 9.15. The fourth-order valence-corrected chi connectivity index (χ4v) is 2.03. The molecule has 106 valence electrons. The molecule has 0 radical (unpaired) electrons. The van der Waals surface area contributed by atoms with E-state index >= 15 is 0 Å². The fraction of sp³-hybridized carbons (Fsp3) is 0.533. The van der Waals surface area contributed by atoms with Crippen molar-refractivity contribution in [2.75, 3.05) is 13.6 Å². The molecule has 0 fully saturated rings. The third kappa shape index (κ3) is 5.97. The first-order valence-corrected chi connectivity index (χ1v) is 7.25. The van der Waals surface area contributed by atoms with Crippen molar-refractivity contribution in [1.29, 1.82) is 0 Å². The van der Waals surface area contributed by atoms with Gasteiger partial charge in [0.15, 0.2) is 0 Å². The van der Waals surface area contributed by atoms with E-state index < -0.39 is 0 Å². The van der Waals surface area contributed by atoms with Gasteiger partial charge in [-0.2, -0.15) is 0 Å². The minimum atomic E-state index is -0.0450. The Kier molecular flexibility index (Phi) is 7.34. The molecular weight excluding hydrogens is 260 g/mol. The Bertz CT molecular complexity index is 395. The molecule has 0 saturated carbocycles. The lowest BCUT2D eigenvalue weighted by Gasteiger charge is -2.18. The second-order valence-electron chi connectivity index (χ2n) is 4.74. The van der Waals surface area contributed by atoms with E-state index in [9.17, 15) is 4.79 Å². The van der Waals surface area contributed by atoms with E-state index in [1.807, 2.05) is 24.3 Å². The highest BCUT2D eigenvalue weighted by Crippen LogP contribution is 2.16. The summed E-state index contributed by atoms with van der Waals surface area (Å²) in [6.07, 6.45) is 4.65. The summed E-state index contributed by atoms with van der Waals surface area (Å²) in [5.74, 6) is 0. The number of hydrogen-bond acceptors (Lipinski definition) is 1. The molecule has 0 unspecified atom stereocenters. The van der Waals surface area contributed by atoms with Crippen molar-refractivity contribution in [3.05, 3.63) is 34.9 Å². The number of carbonyl (C=O) groups is 1. The quantitative estimate of drug-likeness (QED) is 0.752. The van der Waals surface area contributed by atoms with Crippen LogP contribution in [0.5, 0.6) is 0 Å². The number of benzene rings is 1. The number of carbonyl (C=O) groups excluding carboxylic acids is 1. The van der Waals surface area contributed by atoms with Gasteiger partial charge in [0.2, 0.25) is 0 Å². The van der Waals surface area contributed by atoms with Crippen LogP contribution in [0.25, 0.3) is 0 Å². The molecule has 2 amide bonds. The van der Waals surface area contributed by atoms with Gasteiger partial charge >= 0.3 is 6.03 Å². The third-order valence-corrected chi connectivity index (χ3v) is 3.39. The predicted octanol–water partition coefficient (Wildman–Crippen LogP) is 4.06. The van der Waals surface area contributed by atoms with E-state index in [0.29, 0.717) is 11.6 Å². The zero-order valence-corrected chi connectivity index (χ0v) is 12.5. The van der Waals surface area contributed by atoms with Crippen molar-refractivity contribution in [2.45, 2.75) is 39.2 Å². The van der Waals surface area contributed by atoms with E-state index in [2.05, 4.69) is 12.2 Å². The molecule has 0 heterocycles. The lowest BCUT2D eigenvalue weighted by atomic mass is 10.2. The van der Waals surface area contributed by atoms with Gasteiger partial charge in [0, 0.05) is 25.2 Å². The number of amides is 2. The number of rotatable bonds is 7. The summed E-state index contributed by atoms with van der Waals surface area (Å²) in [5, 5.41) is 3.62. The van der Waals surface area contributed by atoms with Crippen molar-refractivity contribution < 1.29 is 4.79 Å². The van der Waals surface area contributed by atoms with Crippen LogP contribution in [0.4, 0.5) is 4.79 Å². The molecule has 19 heavy (non-hydrogen) atoms. The van der Waals surface area contributed by atoms with E-state index in [1.54, 1.807) is 11.9 Å². The van der Waals surface area contributed by atoms with Crippen LogP contribution in [-0.4, -0.2) is 24.5 Å². The third-order valence-electron chi connectivity index (χ3n) is 3.02. The average Bonchev–Trinajstić information content (AvgIpc) is 2.41. The van der Waals surface area contributed by atoms with E-state index in [4.69, 9.17) is 11.6 Å². The number of halogens is 1. The molecule has 0 aromatic heterocycles. The van der Waals surface area contributed by atoms with Crippen LogP contribution in [0.15, 0.2) is 24.3 Å². The molecule has 0 aliphatic carbocycles. The fourth-order valence-electron chi connectivity index (χ4n) is 1.84. The molecule has 1 rings (SSSR count). The number of nitrogens with zero attached hydrogens (tertiary/aromatic N) is 1. The SMILES string of the molecule is CCCCCCNC(=O)N(C)Cc1ccccc1Cl. The van der Waals surface area contributed by atoms with Gasteiger partial charge in [0.05, 0.1) is 0 Å². The normalized spacial score (nSPS) is 10.3. The monoisotopic (exact) mass is 282 g/mol. The van der Waals surface area contributed by atoms with Gasteiger partial charge in [-0.15, -0.1) is 0 Å². The number of nitrogens with one attached hydrogen (secondary N) is 1. The maximum Gasteiger partial charge on any atom is 0.317 e. The summed E-state index contributed by atoms with van der Waals surface area (Å²) in [6, 6.07) is 7.55. The van der Waals surface area contributed by atoms with Crippen LogP contribution in [0.2, 0.25) is 5.02 Å². The second kappa shape index (κ2) is 8.81. The summed E-state index contributed by atoms with van der Waals surface area (Å²) >= 11 is 6.08. The van der Waals surface area contributed by atoms with Crippen LogP contribution in [0, 0.1) is 0 Å². The zero-order valence-electron chi connectivity index (χ0n) is 11.8. The number of urea groups is 1. The highest BCUT2D eigenvalue weighted by Gasteiger charge is 2.09. The van der Waals surface area contributed by atoms with E-state index in [1.165, 1.54) is 19.3 Å². The minimum Gasteiger partial charge on any atom is -0.338 e. The smallest absolute Gasteiger partial charge is 0.317 e. The van der Waals surface area contributed by atoms with Gasteiger partial charge in [-0.05, 0) is 18.1 Å². The molecule has 0 saturated heterocycles. The summed E-state index contributed by atoms with van der Waals surface area (Å²) in [7, 11) is 1.78. The van der Waals surface area contributed by atoms with Gasteiger partial charge in [-0.25, -0.2) is 4.79 Å². The zero-order chi connectivity index (χ0) is 14.1. The molecule has 3 nitrogen and oxygen atoms in total. The number of hydrogen-bond donors (Lipinski definition) is 1. The minimum absolute atomic E-state index is 0.0450. The summed E-state index contributed by atoms with van der Waals surface area (Å²) in [5.41, 5.74) is 0.966. The standard InChI is InChI=1S/C15H23ClN2O/c1-3-4-5-8-11-17-15(19)18(2)12-13-9-6-7-10-14(13)16/h6-7,9-10H,3-5,8,11-12H2,1-2H3,(H,17,19). The summed E-state index contributed by atoms with van der Waals surface area (Å²) < 4.78 is 0. The lowest BCUT2D eigenvalue weighted by molar-refractivity contribution is 0.206. The topological polar surface area (TPSA) is 32.3 Å². The van der Waals surface area contributed by atoms with Gasteiger partial charge in [0.25, 0.3) is 0 Å². The molecule has 1 aromatic carbocycles. The first-order valence-electron chi connectivity index (χ1n) is 6.87. The van der Waals surface area contributed by atoms with Crippen LogP contribution in [-0.2, 0) is 6.54 Å². The maximum atomic E-state index is 11.9. The Balaban J connectivity index is 2.31. The number of unbranched alkanes of at least 4 members (excludes halogenated alkanes) is 3. The van der Waals surface area contributed by atoms with Gasteiger partial charge in [0.1, 0.15) is 0 Å². The molecule has 1 aromatic rings. The van der Waals surface area contributed by atoms with Crippen LogP contribution >= 0.6 is 11.6 Å². The molecule has 4 heteroatoms. The molecule has 0 bridgehead atoms. The van der Waals surface area contributed by atoms with Crippen molar-refractivity contribution in [3.8, 4) is 0 Å². The van der Waals surface area contributed by atoms with Gasteiger partial charge in [-0.1, -0.05) is 56.0 Å². The van der Waals surface area contributed by atoms with E-state index in [-0.39, 0.29) is 6.03 Å². The molecule has 0 aliphatic rings. The summed E-state index contributed by atoms with van der Waals surface area (Å²) in [4.78, 5) is 13.5. The second-order valence-corrected chi connectivity index (χ2v) is 5.15. The van der Waals surface area contributed by atoms with Gasteiger partial charge < -0.3 is 10.2 Å². The predicted molar refractivity (Wildman–Crippen MR) is 80.5 cm³/mol. The Morgan fingerprint density at radius 1 is 1.26 bits per heavy atom. The van der Waals surface area contributed by atoms with Crippen molar-refractivity contribution in [3.63, 3.8) is 0 Å². The first kappa shape index (κ1) is 15.8. The van der Waals surface area contributed by atoms with Crippen molar-refractivity contribution in [2.24, 2.45) is 0 Å². The highest BCUT2D eigenvalue weighted by molar-refractivity contribution is 6.31. The Morgan fingerprint density at radius 2 is 2.00 bits per heavy atom. The molecular formula is C15H23ClN2O. The Labute approximate surface area is 120 Å². The molecule has 1 N–H and O–H groups in total. The largest absolute Gasteiger partial charge is 0.338 e. The van der Waals surface area contributed by atoms with Crippen LogP contribution < -0.4 is 5.32 Å². The van der Waals surface area contributed by atoms with Crippen molar-refractivity contribution in [1.82, 2.24) is 10.2 Å².